The average molecular weight is 276 g/mol. The molecule has 0 bridgehead atoms. The first-order valence-corrected chi connectivity index (χ1v) is 7.47. The van der Waals surface area contributed by atoms with E-state index in [2.05, 4.69) is 15.5 Å². The molecule has 1 aliphatic rings. The van der Waals surface area contributed by atoms with E-state index in [0.717, 1.165) is 43.6 Å². The van der Waals surface area contributed by atoms with Gasteiger partial charge >= 0.3 is 0 Å². The van der Waals surface area contributed by atoms with E-state index in [1.807, 2.05) is 19.9 Å². The zero-order valence-corrected chi connectivity index (χ0v) is 12.4. The Balaban J connectivity index is 1.93. The number of nitrogens with one attached hydrogen (secondary N) is 1. The highest BCUT2D eigenvalue weighted by atomic mass is 16.1. The van der Waals surface area contributed by atoms with E-state index in [1.165, 1.54) is 0 Å². The number of aryl methyl sites for hydroxylation is 2. The zero-order chi connectivity index (χ0) is 14.5. The van der Waals surface area contributed by atoms with E-state index in [0.29, 0.717) is 23.9 Å². The lowest BCUT2D eigenvalue weighted by atomic mass is 9.86. The summed E-state index contributed by atoms with van der Waals surface area (Å²) in [5.41, 5.74) is 8.09. The molecule has 5 nitrogen and oxygen atoms in total. The second kappa shape index (κ2) is 6.79. The molecule has 0 radical (unpaired) electrons. The summed E-state index contributed by atoms with van der Waals surface area (Å²) in [7, 11) is 0. The Hall–Kier alpha value is -1.49. The number of aromatic nitrogens is 2. The molecule has 1 fully saturated rings. The lowest BCUT2D eigenvalue weighted by Gasteiger charge is -2.26. The van der Waals surface area contributed by atoms with Gasteiger partial charge in [-0.1, -0.05) is 6.92 Å². The molecular formula is C15H24N4O. The third-order valence-corrected chi connectivity index (χ3v) is 4.01. The molecule has 1 aromatic rings. The number of nitrogens with zero attached hydrogens (tertiary/aromatic N) is 2. The molecule has 110 valence electrons. The number of amides is 1. The first-order valence-electron chi connectivity index (χ1n) is 7.47. The van der Waals surface area contributed by atoms with Gasteiger partial charge in [0.1, 0.15) is 0 Å². The number of hydrogen-bond acceptors (Lipinski definition) is 4. The van der Waals surface area contributed by atoms with Gasteiger partial charge in [0.2, 0.25) is 0 Å². The number of rotatable bonds is 4. The minimum Gasteiger partial charge on any atom is -0.352 e. The highest BCUT2D eigenvalue weighted by Crippen LogP contribution is 2.22. The summed E-state index contributed by atoms with van der Waals surface area (Å²) in [5, 5.41) is 11.1. The first kappa shape index (κ1) is 14.9. The predicted octanol–water partition coefficient (Wildman–Crippen LogP) is 1.59. The van der Waals surface area contributed by atoms with Crippen LogP contribution in [-0.2, 0) is 6.42 Å². The molecular weight excluding hydrogens is 252 g/mol. The average Bonchev–Trinajstić information content (AvgIpc) is 2.46. The third-order valence-electron chi connectivity index (χ3n) is 4.01. The van der Waals surface area contributed by atoms with Crippen molar-refractivity contribution >= 4 is 5.91 Å². The Labute approximate surface area is 120 Å². The van der Waals surface area contributed by atoms with E-state index in [4.69, 9.17) is 5.73 Å². The maximum Gasteiger partial charge on any atom is 0.253 e. The van der Waals surface area contributed by atoms with Gasteiger partial charge in [-0.25, -0.2) is 0 Å². The summed E-state index contributed by atoms with van der Waals surface area (Å²) in [4.78, 5) is 12.3. The van der Waals surface area contributed by atoms with Gasteiger partial charge in [0.15, 0.2) is 0 Å². The summed E-state index contributed by atoms with van der Waals surface area (Å²) in [6.45, 7) is 4.57. The first-order chi connectivity index (χ1) is 9.60. The van der Waals surface area contributed by atoms with Crippen LogP contribution in [-0.4, -0.2) is 28.7 Å². The Morgan fingerprint density at radius 2 is 2.05 bits per heavy atom. The number of nitrogens with two attached hydrogens (primary N) is 1. The Bertz CT molecular complexity index is 467. The Morgan fingerprint density at radius 1 is 1.35 bits per heavy atom. The summed E-state index contributed by atoms with van der Waals surface area (Å²) in [5.74, 6) is 0.523. The Morgan fingerprint density at radius 3 is 2.70 bits per heavy atom. The molecule has 1 saturated carbocycles. The monoisotopic (exact) mass is 276 g/mol. The van der Waals surface area contributed by atoms with Crippen LogP contribution in [0, 0.1) is 12.8 Å². The fourth-order valence-corrected chi connectivity index (χ4v) is 2.70. The fourth-order valence-electron chi connectivity index (χ4n) is 2.70. The van der Waals surface area contributed by atoms with Crippen molar-refractivity contribution in [1.29, 1.82) is 0 Å². The van der Waals surface area contributed by atoms with Crippen molar-refractivity contribution in [2.45, 2.75) is 52.0 Å². The number of carbonyl (C=O) groups excluding carboxylic acids is 1. The van der Waals surface area contributed by atoms with Crippen LogP contribution in [0.2, 0.25) is 0 Å². The molecule has 1 aromatic heterocycles. The van der Waals surface area contributed by atoms with Crippen LogP contribution in [0.5, 0.6) is 0 Å². The van der Waals surface area contributed by atoms with Crippen LogP contribution in [0.3, 0.4) is 0 Å². The molecule has 20 heavy (non-hydrogen) atoms. The van der Waals surface area contributed by atoms with Gasteiger partial charge in [0, 0.05) is 12.6 Å². The molecule has 2 rings (SSSR count). The largest absolute Gasteiger partial charge is 0.352 e. The standard InChI is InChI=1S/C15H24N4O/c1-3-14-13(8-10(2)18-19-14)15(20)17-9-11-4-6-12(16)7-5-11/h8,11-12H,3-7,9,16H2,1-2H3,(H,17,20). The van der Waals surface area contributed by atoms with E-state index in [-0.39, 0.29) is 5.91 Å². The van der Waals surface area contributed by atoms with E-state index >= 15 is 0 Å². The molecule has 3 N–H and O–H groups in total. The fraction of sp³-hybridized carbons (Fsp3) is 0.667. The summed E-state index contributed by atoms with van der Waals surface area (Å²) < 4.78 is 0. The van der Waals surface area contributed by atoms with E-state index in [9.17, 15) is 4.79 Å². The highest BCUT2D eigenvalue weighted by Gasteiger charge is 2.20. The summed E-state index contributed by atoms with van der Waals surface area (Å²) >= 11 is 0. The summed E-state index contributed by atoms with van der Waals surface area (Å²) in [6, 6.07) is 2.17. The molecule has 5 heteroatoms. The van der Waals surface area contributed by atoms with Gasteiger partial charge in [-0.05, 0) is 51.0 Å². The van der Waals surface area contributed by atoms with Crippen LogP contribution in [0.4, 0.5) is 0 Å². The van der Waals surface area contributed by atoms with Gasteiger partial charge in [-0.2, -0.15) is 10.2 Å². The third kappa shape index (κ3) is 3.76. The van der Waals surface area contributed by atoms with Crippen LogP contribution in [0.25, 0.3) is 0 Å². The van der Waals surface area contributed by atoms with Crippen molar-refractivity contribution in [3.8, 4) is 0 Å². The lowest BCUT2D eigenvalue weighted by molar-refractivity contribution is 0.0941. The second-order valence-electron chi connectivity index (χ2n) is 5.69. The van der Waals surface area contributed by atoms with Gasteiger partial charge in [0.25, 0.3) is 5.91 Å². The minimum atomic E-state index is -0.0327. The van der Waals surface area contributed by atoms with Crippen molar-refractivity contribution in [2.75, 3.05) is 6.54 Å². The van der Waals surface area contributed by atoms with Crippen molar-refractivity contribution < 1.29 is 4.79 Å². The molecule has 0 aliphatic heterocycles. The molecule has 0 saturated heterocycles. The zero-order valence-electron chi connectivity index (χ0n) is 12.4. The van der Waals surface area contributed by atoms with Crippen LogP contribution in [0.1, 0.15) is 54.4 Å². The van der Waals surface area contributed by atoms with E-state index in [1.54, 1.807) is 0 Å². The minimum absolute atomic E-state index is 0.0327. The smallest absolute Gasteiger partial charge is 0.253 e. The summed E-state index contributed by atoms with van der Waals surface area (Å²) in [6.07, 6.45) is 5.06. The van der Waals surface area contributed by atoms with Crippen molar-refractivity contribution in [2.24, 2.45) is 11.7 Å². The van der Waals surface area contributed by atoms with Crippen molar-refractivity contribution in [3.63, 3.8) is 0 Å². The molecule has 1 amide bonds. The maximum atomic E-state index is 12.3. The number of carbonyl (C=O) groups is 1. The molecule has 0 atom stereocenters. The van der Waals surface area contributed by atoms with Crippen LogP contribution < -0.4 is 11.1 Å². The second-order valence-corrected chi connectivity index (χ2v) is 5.69. The molecule has 1 aliphatic carbocycles. The van der Waals surface area contributed by atoms with E-state index < -0.39 is 0 Å². The van der Waals surface area contributed by atoms with Crippen LogP contribution >= 0.6 is 0 Å². The molecule has 1 heterocycles. The van der Waals surface area contributed by atoms with Gasteiger partial charge in [-0.15, -0.1) is 0 Å². The molecule has 0 unspecified atom stereocenters. The maximum absolute atomic E-state index is 12.3. The number of hydrogen-bond donors (Lipinski definition) is 2. The van der Waals surface area contributed by atoms with Gasteiger partial charge < -0.3 is 11.1 Å². The molecule has 0 aromatic carbocycles. The topological polar surface area (TPSA) is 80.9 Å². The molecule has 0 spiro atoms. The van der Waals surface area contributed by atoms with Crippen molar-refractivity contribution in [1.82, 2.24) is 15.5 Å². The quantitative estimate of drug-likeness (QED) is 0.875. The predicted molar refractivity (Wildman–Crippen MR) is 78.4 cm³/mol. The van der Waals surface area contributed by atoms with Crippen molar-refractivity contribution in [3.05, 3.63) is 23.0 Å². The SMILES string of the molecule is CCc1nnc(C)cc1C(=O)NCC1CCC(N)CC1. The van der Waals surface area contributed by atoms with Gasteiger partial charge in [0.05, 0.1) is 17.0 Å². The normalized spacial score (nSPS) is 22.6. The van der Waals surface area contributed by atoms with Crippen LogP contribution in [0.15, 0.2) is 6.07 Å². The Kier molecular flexibility index (Phi) is 5.06. The van der Waals surface area contributed by atoms with Gasteiger partial charge in [-0.3, -0.25) is 4.79 Å². The highest BCUT2D eigenvalue weighted by molar-refractivity contribution is 5.95. The lowest BCUT2D eigenvalue weighted by Crippen LogP contribution is -2.34.